The Balaban J connectivity index is 4.04. The highest BCUT2D eigenvalue weighted by Gasteiger charge is 2.19. The molecular formula is C18H40NO4P. The molecule has 24 heavy (non-hydrogen) atoms. The summed E-state index contributed by atoms with van der Waals surface area (Å²) in [5.74, 6) is 0. The lowest BCUT2D eigenvalue weighted by atomic mass is 10.0. The quantitative estimate of drug-likeness (QED) is 0.229. The van der Waals surface area contributed by atoms with E-state index in [4.69, 9.17) is 9.05 Å². The Morgan fingerprint density at radius 1 is 0.917 bits per heavy atom. The van der Waals surface area contributed by atoms with Crippen molar-refractivity contribution in [3.05, 3.63) is 0 Å². The molecule has 0 fully saturated rings. The second kappa shape index (κ2) is 13.3. The van der Waals surface area contributed by atoms with Gasteiger partial charge in [0.15, 0.2) is 0 Å². The number of phosphoric acid groups is 1. The summed E-state index contributed by atoms with van der Waals surface area (Å²) >= 11 is 0. The lowest BCUT2D eigenvalue weighted by Gasteiger charge is -2.30. The molecule has 0 aromatic rings. The van der Waals surface area contributed by atoms with E-state index in [9.17, 15) is 9.46 Å². The van der Waals surface area contributed by atoms with Gasteiger partial charge in [-0.1, -0.05) is 65.2 Å². The van der Waals surface area contributed by atoms with E-state index >= 15 is 0 Å². The van der Waals surface area contributed by atoms with E-state index in [1.54, 1.807) is 0 Å². The first-order valence-corrected chi connectivity index (χ1v) is 11.1. The molecule has 0 rings (SSSR count). The first-order chi connectivity index (χ1) is 11.2. The van der Waals surface area contributed by atoms with E-state index in [-0.39, 0.29) is 12.7 Å². The third kappa shape index (κ3) is 15.6. The van der Waals surface area contributed by atoms with Crippen molar-refractivity contribution in [1.29, 1.82) is 0 Å². The average molecular weight is 365 g/mol. The Hall–Kier alpha value is 0.0700. The maximum Gasteiger partial charge on any atom is 0.268 e. The highest BCUT2D eigenvalue weighted by molar-refractivity contribution is 7.45. The van der Waals surface area contributed by atoms with Gasteiger partial charge in [0, 0.05) is 0 Å². The molecule has 0 saturated carbocycles. The van der Waals surface area contributed by atoms with Crippen LogP contribution >= 0.6 is 7.82 Å². The molecule has 5 nitrogen and oxygen atoms in total. The van der Waals surface area contributed by atoms with Crippen LogP contribution < -0.4 is 4.89 Å². The number of likely N-dealkylation sites (N-methyl/N-ethyl adjacent to an activating group) is 1. The van der Waals surface area contributed by atoms with Gasteiger partial charge >= 0.3 is 0 Å². The van der Waals surface area contributed by atoms with E-state index in [0.29, 0.717) is 11.0 Å². The van der Waals surface area contributed by atoms with Crippen LogP contribution in [0.4, 0.5) is 0 Å². The summed E-state index contributed by atoms with van der Waals surface area (Å²) in [4.78, 5) is 12.0. The summed E-state index contributed by atoms with van der Waals surface area (Å²) in [5.41, 5.74) is 0. The fraction of sp³-hybridized carbons (Fsp3) is 1.00. The number of unbranched alkanes of at least 4 members (excludes halogenated alkanes) is 6. The Morgan fingerprint density at radius 2 is 1.50 bits per heavy atom. The molecule has 0 radical (unpaired) electrons. The number of rotatable bonds is 16. The van der Waals surface area contributed by atoms with Crippen LogP contribution in [0, 0.1) is 0 Å². The van der Waals surface area contributed by atoms with E-state index in [1.807, 2.05) is 21.1 Å². The van der Waals surface area contributed by atoms with Crippen molar-refractivity contribution in [2.75, 3.05) is 34.3 Å². The van der Waals surface area contributed by atoms with Crippen LogP contribution in [-0.4, -0.2) is 44.9 Å². The van der Waals surface area contributed by atoms with Crippen LogP contribution in [0.25, 0.3) is 0 Å². The minimum Gasteiger partial charge on any atom is -0.756 e. The Kier molecular flexibility index (Phi) is 13.3. The SMILES string of the molecule is CCCCCCCCCC(CCC)OP(=O)([O-])OCC[N+](C)(C)C. The molecule has 0 bridgehead atoms. The van der Waals surface area contributed by atoms with Gasteiger partial charge in [0.25, 0.3) is 7.82 Å². The molecule has 2 atom stereocenters. The third-order valence-corrected chi connectivity index (χ3v) is 5.09. The summed E-state index contributed by atoms with van der Waals surface area (Å²) in [6.45, 7) is 5.07. The van der Waals surface area contributed by atoms with Crippen molar-refractivity contribution < 1.29 is 23.0 Å². The van der Waals surface area contributed by atoms with Crippen LogP contribution in [-0.2, 0) is 13.6 Å². The second-order valence-electron chi connectivity index (χ2n) is 7.72. The van der Waals surface area contributed by atoms with Gasteiger partial charge in [-0.2, -0.15) is 0 Å². The van der Waals surface area contributed by atoms with Crippen molar-refractivity contribution in [3.8, 4) is 0 Å². The van der Waals surface area contributed by atoms with Crippen molar-refractivity contribution in [3.63, 3.8) is 0 Å². The molecule has 0 heterocycles. The van der Waals surface area contributed by atoms with Gasteiger partial charge < -0.3 is 18.4 Å². The molecule has 0 aliphatic heterocycles. The molecule has 0 aliphatic carbocycles. The number of nitrogens with zero attached hydrogens (tertiary/aromatic N) is 1. The van der Waals surface area contributed by atoms with Gasteiger partial charge in [-0.25, -0.2) is 0 Å². The maximum absolute atomic E-state index is 12.0. The molecular weight excluding hydrogens is 325 g/mol. The fourth-order valence-electron chi connectivity index (χ4n) is 2.54. The van der Waals surface area contributed by atoms with Gasteiger partial charge in [0.2, 0.25) is 0 Å². The molecule has 0 saturated heterocycles. The normalized spacial score (nSPS) is 16.1. The topological polar surface area (TPSA) is 58.6 Å². The first-order valence-electron chi connectivity index (χ1n) is 9.64. The zero-order chi connectivity index (χ0) is 18.5. The van der Waals surface area contributed by atoms with E-state index < -0.39 is 7.82 Å². The minimum atomic E-state index is -4.19. The van der Waals surface area contributed by atoms with Gasteiger partial charge in [-0.15, -0.1) is 0 Å². The van der Waals surface area contributed by atoms with Crippen LogP contribution in [0.15, 0.2) is 0 Å². The highest BCUT2D eigenvalue weighted by Crippen LogP contribution is 2.41. The Morgan fingerprint density at radius 3 is 2.04 bits per heavy atom. The maximum atomic E-state index is 12.0. The zero-order valence-electron chi connectivity index (χ0n) is 16.6. The molecule has 0 aromatic carbocycles. The van der Waals surface area contributed by atoms with Crippen LogP contribution in [0.2, 0.25) is 0 Å². The smallest absolute Gasteiger partial charge is 0.268 e. The van der Waals surface area contributed by atoms with Crippen LogP contribution in [0.3, 0.4) is 0 Å². The summed E-state index contributed by atoms with van der Waals surface area (Å²) in [7, 11) is 1.81. The second-order valence-corrected chi connectivity index (χ2v) is 9.08. The van der Waals surface area contributed by atoms with Crippen molar-refractivity contribution in [2.45, 2.75) is 84.2 Å². The molecule has 0 spiro atoms. The van der Waals surface area contributed by atoms with Gasteiger partial charge in [0.05, 0.1) is 27.2 Å². The monoisotopic (exact) mass is 365 g/mol. The van der Waals surface area contributed by atoms with Crippen LogP contribution in [0.1, 0.15) is 78.1 Å². The third-order valence-electron chi connectivity index (χ3n) is 4.03. The summed E-state index contributed by atoms with van der Waals surface area (Å²) < 4.78 is 23.0. The standard InChI is InChI=1S/C18H40NO4P/c1-6-8-9-10-11-12-13-15-18(14-7-2)23-24(20,21)22-17-16-19(3,4)5/h18H,6-17H2,1-5H3. The average Bonchev–Trinajstić information content (AvgIpc) is 2.44. The largest absolute Gasteiger partial charge is 0.756 e. The lowest BCUT2D eigenvalue weighted by molar-refractivity contribution is -0.870. The van der Waals surface area contributed by atoms with E-state index in [1.165, 1.54) is 32.1 Å². The lowest BCUT2D eigenvalue weighted by Crippen LogP contribution is -2.37. The molecule has 0 amide bonds. The molecule has 0 aliphatic rings. The van der Waals surface area contributed by atoms with Crippen molar-refractivity contribution >= 4 is 7.82 Å². The van der Waals surface area contributed by atoms with Gasteiger partial charge in [0.1, 0.15) is 13.2 Å². The minimum absolute atomic E-state index is 0.167. The van der Waals surface area contributed by atoms with Crippen LogP contribution in [0.5, 0.6) is 0 Å². The summed E-state index contributed by atoms with van der Waals surface area (Å²) in [6, 6.07) is 0. The fourth-order valence-corrected chi connectivity index (χ4v) is 3.48. The molecule has 146 valence electrons. The summed E-state index contributed by atoms with van der Waals surface area (Å²) in [6.07, 6.45) is 10.8. The zero-order valence-corrected chi connectivity index (χ0v) is 17.5. The molecule has 0 N–H and O–H groups in total. The van der Waals surface area contributed by atoms with E-state index in [2.05, 4.69) is 13.8 Å². The Labute approximate surface area is 149 Å². The molecule has 0 aromatic heterocycles. The number of quaternary nitrogens is 1. The van der Waals surface area contributed by atoms with Crippen molar-refractivity contribution in [2.24, 2.45) is 0 Å². The predicted molar refractivity (Wildman–Crippen MR) is 98.8 cm³/mol. The number of phosphoric ester groups is 1. The number of hydrogen-bond acceptors (Lipinski definition) is 4. The molecule has 2 unspecified atom stereocenters. The van der Waals surface area contributed by atoms with Gasteiger partial charge in [-0.3, -0.25) is 4.57 Å². The molecule has 6 heteroatoms. The summed E-state index contributed by atoms with van der Waals surface area (Å²) in [5, 5.41) is 0. The van der Waals surface area contributed by atoms with E-state index in [0.717, 1.165) is 32.1 Å². The van der Waals surface area contributed by atoms with Gasteiger partial charge in [-0.05, 0) is 12.8 Å². The number of hydrogen-bond donors (Lipinski definition) is 0. The predicted octanol–water partition coefficient (Wildman–Crippen LogP) is 4.50. The first kappa shape index (κ1) is 24.1. The highest BCUT2D eigenvalue weighted by atomic mass is 31.2. The van der Waals surface area contributed by atoms with Crippen molar-refractivity contribution in [1.82, 2.24) is 0 Å². The Bertz CT molecular complexity index is 344.